The lowest BCUT2D eigenvalue weighted by molar-refractivity contribution is 0.0949. The van der Waals surface area contributed by atoms with Gasteiger partial charge in [0.2, 0.25) is 0 Å². The molecule has 0 radical (unpaired) electrons. The first-order valence-electron chi connectivity index (χ1n) is 7.11. The topological polar surface area (TPSA) is 74.8 Å². The third-order valence-corrected chi connectivity index (χ3v) is 4.24. The molecule has 0 aliphatic rings. The van der Waals surface area contributed by atoms with E-state index in [1.165, 1.54) is 17.4 Å². The van der Waals surface area contributed by atoms with Crippen LogP contribution in [0.1, 0.15) is 21.7 Å². The number of aromatic amines is 1. The molecule has 23 heavy (non-hydrogen) atoms. The molecule has 116 valence electrons. The van der Waals surface area contributed by atoms with E-state index in [0.717, 1.165) is 22.0 Å². The van der Waals surface area contributed by atoms with Crippen molar-refractivity contribution in [2.45, 2.75) is 13.5 Å². The molecule has 3 rings (SSSR count). The predicted molar refractivity (Wildman–Crippen MR) is 90.5 cm³/mol. The maximum atomic E-state index is 12.1. The maximum absolute atomic E-state index is 12.1. The van der Waals surface area contributed by atoms with E-state index in [2.05, 4.69) is 15.3 Å². The molecular weight excluding hydrogens is 310 g/mol. The van der Waals surface area contributed by atoms with Crippen molar-refractivity contribution in [2.75, 3.05) is 0 Å². The Balaban J connectivity index is 1.68. The summed E-state index contributed by atoms with van der Waals surface area (Å²) in [6.07, 6.45) is 0. The van der Waals surface area contributed by atoms with Crippen LogP contribution >= 0.6 is 11.3 Å². The number of hydrogen-bond acceptors (Lipinski definition) is 4. The van der Waals surface area contributed by atoms with Crippen LogP contribution in [0, 0.1) is 6.92 Å². The lowest BCUT2D eigenvalue weighted by Gasteiger charge is -2.03. The first kappa shape index (κ1) is 15.2. The number of rotatable bonds is 4. The highest BCUT2D eigenvalue weighted by atomic mass is 32.1. The van der Waals surface area contributed by atoms with Gasteiger partial charge < -0.3 is 10.3 Å². The van der Waals surface area contributed by atoms with Crippen LogP contribution in [0.2, 0.25) is 0 Å². The van der Waals surface area contributed by atoms with Gasteiger partial charge in [0.05, 0.1) is 12.2 Å². The Morgan fingerprint density at radius 2 is 2.00 bits per heavy atom. The summed E-state index contributed by atoms with van der Waals surface area (Å²) in [5, 5.41) is 5.54. The molecule has 0 saturated heterocycles. The predicted octanol–water partition coefficient (Wildman–Crippen LogP) is 2.74. The van der Waals surface area contributed by atoms with Crippen LogP contribution in [0.25, 0.3) is 10.6 Å². The van der Waals surface area contributed by atoms with Gasteiger partial charge >= 0.3 is 0 Å². The molecule has 2 N–H and O–H groups in total. The van der Waals surface area contributed by atoms with Crippen LogP contribution < -0.4 is 10.9 Å². The summed E-state index contributed by atoms with van der Waals surface area (Å²) in [5.74, 6) is -0.402. The Bertz CT molecular complexity index is 884. The third-order valence-electron chi connectivity index (χ3n) is 3.30. The number of carbonyl (C=O) groups is 1. The number of pyridine rings is 1. The van der Waals surface area contributed by atoms with E-state index >= 15 is 0 Å². The highest BCUT2D eigenvalue weighted by Gasteiger charge is 2.11. The quantitative estimate of drug-likeness (QED) is 0.774. The Labute approximate surface area is 137 Å². The van der Waals surface area contributed by atoms with E-state index in [1.807, 2.05) is 35.7 Å². The second-order valence-electron chi connectivity index (χ2n) is 5.08. The molecule has 0 aliphatic carbocycles. The summed E-state index contributed by atoms with van der Waals surface area (Å²) in [4.78, 5) is 30.9. The molecule has 0 spiro atoms. The monoisotopic (exact) mass is 325 g/mol. The normalized spacial score (nSPS) is 10.5. The summed E-state index contributed by atoms with van der Waals surface area (Å²) in [5.41, 5.74) is 2.26. The molecule has 2 heterocycles. The van der Waals surface area contributed by atoms with E-state index in [9.17, 15) is 9.59 Å². The van der Waals surface area contributed by atoms with E-state index in [1.54, 1.807) is 13.0 Å². The largest absolute Gasteiger partial charge is 0.346 e. The SMILES string of the molecule is Cc1ccc(C(=O)NCc2csc(-c3ccccc3)n2)c(=O)[nH]1. The molecule has 0 unspecified atom stereocenters. The van der Waals surface area contributed by atoms with Crippen LogP contribution in [0.3, 0.4) is 0 Å². The fourth-order valence-electron chi connectivity index (χ4n) is 2.12. The molecule has 0 aliphatic heterocycles. The Hall–Kier alpha value is -2.73. The van der Waals surface area contributed by atoms with Crippen molar-refractivity contribution in [1.29, 1.82) is 0 Å². The standard InChI is InChI=1S/C17H15N3O2S/c1-11-7-8-14(16(22)19-11)15(21)18-9-13-10-23-17(20-13)12-5-3-2-4-6-12/h2-8,10H,9H2,1H3,(H,18,21)(H,19,22). The number of aromatic nitrogens is 2. The second-order valence-corrected chi connectivity index (χ2v) is 5.93. The van der Waals surface area contributed by atoms with E-state index in [0.29, 0.717) is 0 Å². The third kappa shape index (κ3) is 3.54. The van der Waals surface area contributed by atoms with E-state index < -0.39 is 5.91 Å². The van der Waals surface area contributed by atoms with Gasteiger partial charge in [0.25, 0.3) is 11.5 Å². The molecule has 5 nitrogen and oxygen atoms in total. The highest BCUT2D eigenvalue weighted by Crippen LogP contribution is 2.23. The number of nitrogens with zero attached hydrogens (tertiary/aromatic N) is 1. The van der Waals surface area contributed by atoms with Crippen LogP contribution in [-0.2, 0) is 6.54 Å². The number of nitrogens with one attached hydrogen (secondary N) is 2. The molecule has 0 atom stereocenters. The average Bonchev–Trinajstić information content (AvgIpc) is 3.02. The van der Waals surface area contributed by atoms with Crippen molar-refractivity contribution in [1.82, 2.24) is 15.3 Å². The van der Waals surface area contributed by atoms with Crippen LogP contribution in [0.15, 0.2) is 52.6 Å². The molecule has 0 saturated carbocycles. The first-order chi connectivity index (χ1) is 11.1. The fraction of sp³-hybridized carbons (Fsp3) is 0.118. The zero-order valence-corrected chi connectivity index (χ0v) is 13.3. The maximum Gasteiger partial charge on any atom is 0.260 e. The van der Waals surface area contributed by atoms with Gasteiger partial charge in [-0.25, -0.2) is 4.98 Å². The Morgan fingerprint density at radius 1 is 1.22 bits per heavy atom. The van der Waals surface area contributed by atoms with Crippen molar-refractivity contribution < 1.29 is 4.79 Å². The van der Waals surface area contributed by atoms with Crippen LogP contribution in [0.4, 0.5) is 0 Å². The Morgan fingerprint density at radius 3 is 2.74 bits per heavy atom. The van der Waals surface area contributed by atoms with E-state index in [-0.39, 0.29) is 17.7 Å². The molecular formula is C17H15N3O2S. The number of amides is 1. The molecule has 0 bridgehead atoms. The van der Waals surface area contributed by atoms with Gasteiger partial charge in [-0.15, -0.1) is 11.3 Å². The first-order valence-corrected chi connectivity index (χ1v) is 7.99. The van der Waals surface area contributed by atoms with Crippen molar-refractivity contribution in [3.05, 3.63) is 75.1 Å². The minimum Gasteiger partial charge on any atom is -0.346 e. The van der Waals surface area contributed by atoms with Gasteiger partial charge in [-0.2, -0.15) is 0 Å². The minimum atomic E-state index is -0.402. The number of benzene rings is 1. The summed E-state index contributed by atoms with van der Waals surface area (Å²) < 4.78 is 0. The molecule has 0 fully saturated rings. The second kappa shape index (κ2) is 6.58. The van der Waals surface area contributed by atoms with Gasteiger partial charge in [-0.1, -0.05) is 30.3 Å². The summed E-state index contributed by atoms with van der Waals surface area (Å²) >= 11 is 1.52. The zero-order chi connectivity index (χ0) is 16.2. The highest BCUT2D eigenvalue weighted by molar-refractivity contribution is 7.13. The molecule has 6 heteroatoms. The molecule has 1 aromatic carbocycles. The molecule has 3 aromatic rings. The van der Waals surface area contributed by atoms with Gasteiger partial charge in [-0.3, -0.25) is 9.59 Å². The van der Waals surface area contributed by atoms with Crippen molar-refractivity contribution >= 4 is 17.2 Å². The zero-order valence-electron chi connectivity index (χ0n) is 12.5. The molecule has 1 amide bonds. The van der Waals surface area contributed by atoms with Gasteiger partial charge in [0.1, 0.15) is 10.6 Å². The van der Waals surface area contributed by atoms with Crippen molar-refractivity contribution in [3.8, 4) is 10.6 Å². The number of hydrogen-bond donors (Lipinski definition) is 2. The minimum absolute atomic E-state index is 0.106. The fourth-order valence-corrected chi connectivity index (χ4v) is 2.94. The summed E-state index contributed by atoms with van der Waals surface area (Å²) in [6.45, 7) is 2.05. The lowest BCUT2D eigenvalue weighted by atomic mass is 10.2. The molecule has 2 aromatic heterocycles. The summed E-state index contributed by atoms with van der Waals surface area (Å²) in [6, 6.07) is 13.1. The number of thiazole rings is 1. The van der Waals surface area contributed by atoms with E-state index in [4.69, 9.17) is 0 Å². The van der Waals surface area contributed by atoms with Gasteiger partial charge in [0, 0.05) is 16.6 Å². The smallest absolute Gasteiger partial charge is 0.260 e. The van der Waals surface area contributed by atoms with Gasteiger partial charge in [0.15, 0.2) is 0 Å². The van der Waals surface area contributed by atoms with Gasteiger partial charge in [-0.05, 0) is 19.1 Å². The van der Waals surface area contributed by atoms with Crippen LogP contribution in [-0.4, -0.2) is 15.9 Å². The van der Waals surface area contributed by atoms with Crippen LogP contribution in [0.5, 0.6) is 0 Å². The average molecular weight is 325 g/mol. The Kier molecular flexibility index (Phi) is 4.34. The number of aryl methyl sites for hydroxylation is 1. The number of H-pyrrole nitrogens is 1. The summed E-state index contributed by atoms with van der Waals surface area (Å²) in [7, 11) is 0. The van der Waals surface area contributed by atoms with Crippen molar-refractivity contribution in [2.24, 2.45) is 0 Å². The number of carbonyl (C=O) groups excluding carboxylic acids is 1. The lowest BCUT2D eigenvalue weighted by Crippen LogP contribution is -2.29. The van der Waals surface area contributed by atoms with Crippen molar-refractivity contribution in [3.63, 3.8) is 0 Å².